The number of anilines is 3. The number of hydrogen-bond donors (Lipinski definition) is 2. The largest absolute Gasteiger partial charge is 0.495 e. The van der Waals surface area contributed by atoms with Gasteiger partial charge in [-0.05, 0) is 23.8 Å². The summed E-state index contributed by atoms with van der Waals surface area (Å²) in [5.41, 5.74) is 1.91. The van der Waals surface area contributed by atoms with Gasteiger partial charge in [0.1, 0.15) is 11.3 Å². The van der Waals surface area contributed by atoms with E-state index in [0.29, 0.717) is 28.7 Å². The maximum atomic E-state index is 14.3. The highest BCUT2D eigenvalue weighted by Crippen LogP contribution is 2.32. The molecule has 4 aromatic rings. The van der Waals surface area contributed by atoms with Gasteiger partial charge in [-0.2, -0.15) is 5.10 Å². The smallest absolute Gasteiger partial charge is 0.227 e. The molecule has 0 amide bonds. The van der Waals surface area contributed by atoms with Gasteiger partial charge in [0.25, 0.3) is 0 Å². The van der Waals surface area contributed by atoms with Crippen molar-refractivity contribution in [2.24, 2.45) is 7.05 Å². The minimum Gasteiger partial charge on any atom is -0.495 e. The van der Waals surface area contributed by atoms with E-state index in [4.69, 9.17) is 9.47 Å². The third-order valence-electron chi connectivity index (χ3n) is 5.28. The van der Waals surface area contributed by atoms with Gasteiger partial charge in [0.15, 0.2) is 11.5 Å². The van der Waals surface area contributed by atoms with Crippen molar-refractivity contribution in [1.29, 1.82) is 0 Å². The van der Waals surface area contributed by atoms with Crippen LogP contribution in [0.25, 0.3) is 22.0 Å². The molecular weight excluding hydrogens is 413 g/mol. The van der Waals surface area contributed by atoms with Crippen molar-refractivity contribution in [2.75, 3.05) is 37.5 Å². The van der Waals surface area contributed by atoms with Crippen LogP contribution in [0.2, 0.25) is 0 Å². The van der Waals surface area contributed by atoms with Crippen LogP contribution in [0.4, 0.5) is 21.8 Å². The van der Waals surface area contributed by atoms with Gasteiger partial charge in [-0.15, -0.1) is 0 Å². The second-order valence-corrected chi connectivity index (χ2v) is 7.73. The molecule has 0 radical (unpaired) electrons. The standard InChI is InChI=1S/C22H22FN7O2/c1-30-10-16(9-27-30)14-3-4-17(18(7-14)31-2)28-21-25-8-15-5-6-24-20(19(15)29-21)26-11-22(23)12-32-13-22/h3-10H,11-13H2,1-2H3,(H,24,26)(H,25,28,29). The number of nitrogens with zero attached hydrogens (tertiary/aromatic N) is 5. The summed E-state index contributed by atoms with van der Waals surface area (Å²) in [7, 11) is 3.48. The molecule has 1 saturated heterocycles. The summed E-state index contributed by atoms with van der Waals surface area (Å²) in [4.78, 5) is 13.3. The highest BCUT2D eigenvalue weighted by Gasteiger charge is 2.38. The number of aryl methyl sites for hydroxylation is 1. The van der Waals surface area contributed by atoms with Crippen molar-refractivity contribution in [3.8, 4) is 16.9 Å². The Balaban J connectivity index is 1.41. The Morgan fingerprint density at radius 3 is 2.78 bits per heavy atom. The van der Waals surface area contributed by atoms with Crippen molar-refractivity contribution in [1.82, 2.24) is 24.7 Å². The van der Waals surface area contributed by atoms with E-state index in [2.05, 4.69) is 30.7 Å². The van der Waals surface area contributed by atoms with Crippen LogP contribution in [0.1, 0.15) is 0 Å². The number of halogens is 1. The van der Waals surface area contributed by atoms with Crippen molar-refractivity contribution in [2.45, 2.75) is 5.67 Å². The Bertz CT molecular complexity index is 1270. The molecule has 1 fully saturated rings. The summed E-state index contributed by atoms with van der Waals surface area (Å²) in [5.74, 6) is 1.52. The zero-order valence-electron chi connectivity index (χ0n) is 17.7. The van der Waals surface area contributed by atoms with Gasteiger partial charge in [-0.25, -0.2) is 19.3 Å². The minimum atomic E-state index is -1.37. The SMILES string of the molecule is COc1cc(-c2cnn(C)c2)ccc1Nc1ncc2ccnc(NCC3(F)COC3)c2n1. The van der Waals surface area contributed by atoms with Crippen LogP contribution in [0.3, 0.4) is 0 Å². The van der Waals surface area contributed by atoms with Crippen LogP contribution in [-0.4, -0.2) is 57.3 Å². The number of fused-ring (bicyclic) bond motifs is 1. The van der Waals surface area contributed by atoms with E-state index in [-0.39, 0.29) is 19.8 Å². The molecule has 3 aromatic heterocycles. The molecule has 0 bridgehead atoms. The van der Waals surface area contributed by atoms with Crippen LogP contribution >= 0.6 is 0 Å². The minimum absolute atomic E-state index is 0.0847. The maximum Gasteiger partial charge on any atom is 0.227 e. The number of nitrogens with one attached hydrogen (secondary N) is 2. The van der Waals surface area contributed by atoms with Gasteiger partial charge in [0, 0.05) is 36.6 Å². The summed E-state index contributed by atoms with van der Waals surface area (Å²) >= 11 is 0. The topological polar surface area (TPSA) is 99.0 Å². The summed E-state index contributed by atoms with van der Waals surface area (Å²) in [6.07, 6.45) is 7.08. The third kappa shape index (κ3) is 3.92. The average Bonchev–Trinajstić information content (AvgIpc) is 3.23. The van der Waals surface area contributed by atoms with Gasteiger partial charge in [-0.1, -0.05) is 6.07 Å². The highest BCUT2D eigenvalue weighted by molar-refractivity contribution is 5.88. The number of ether oxygens (including phenoxy) is 2. The van der Waals surface area contributed by atoms with E-state index < -0.39 is 5.67 Å². The predicted octanol–water partition coefficient (Wildman–Crippen LogP) is 3.33. The quantitative estimate of drug-likeness (QED) is 0.456. The van der Waals surface area contributed by atoms with Crippen LogP contribution < -0.4 is 15.4 Å². The zero-order valence-corrected chi connectivity index (χ0v) is 17.7. The van der Waals surface area contributed by atoms with Crippen LogP contribution in [0, 0.1) is 0 Å². The van der Waals surface area contributed by atoms with E-state index in [0.717, 1.165) is 16.5 Å². The van der Waals surface area contributed by atoms with E-state index >= 15 is 0 Å². The van der Waals surface area contributed by atoms with Crippen LogP contribution in [0.15, 0.2) is 49.1 Å². The molecule has 1 aliphatic heterocycles. The predicted molar refractivity (Wildman–Crippen MR) is 119 cm³/mol. The first-order valence-corrected chi connectivity index (χ1v) is 10.1. The number of methoxy groups -OCH3 is 1. The number of rotatable bonds is 7. The third-order valence-corrected chi connectivity index (χ3v) is 5.28. The Labute approximate surface area is 183 Å². The summed E-state index contributed by atoms with van der Waals surface area (Å²) in [6, 6.07) is 7.61. The fourth-order valence-corrected chi connectivity index (χ4v) is 3.48. The van der Waals surface area contributed by atoms with E-state index in [9.17, 15) is 4.39 Å². The van der Waals surface area contributed by atoms with Crippen molar-refractivity contribution in [3.05, 3.63) is 49.1 Å². The molecule has 0 atom stereocenters. The zero-order chi connectivity index (χ0) is 22.1. The number of hydrogen-bond acceptors (Lipinski definition) is 8. The summed E-state index contributed by atoms with van der Waals surface area (Å²) in [5, 5.41) is 11.3. The normalized spacial score (nSPS) is 14.7. The monoisotopic (exact) mass is 435 g/mol. The molecule has 1 aromatic carbocycles. The maximum absolute atomic E-state index is 14.3. The fourth-order valence-electron chi connectivity index (χ4n) is 3.48. The summed E-state index contributed by atoms with van der Waals surface area (Å²) < 4.78 is 26.6. The fraction of sp³-hybridized carbons (Fsp3) is 0.273. The molecule has 4 heterocycles. The van der Waals surface area contributed by atoms with Crippen LogP contribution in [0.5, 0.6) is 5.75 Å². The molecule has 0 aliphatic carbocycles. The van der Waals surface area contributed by atoms with E-state index in [1.165, 1.54) is 0 Å². The lowest BCUT2D eigenvalue weighted by Crippen LogP contribution is -2.50. The first kappa shape index (κ1) is 20.1. The Morgan fingerprint density at radius 1 is 1.19 bits per heavy atom. The van der Waals surface area contributed by atoms with Gasteiger partial charge >= 0.3 is 0 Å². The molecule has 1 aliphatic rings. The first-order valence-electron chi connectivity index (χ1n) is 10.1. The number of alkyl halides is 1. The Hall–Kier alpha value is -3.79. The van der Waals surface area contributed by atoms with Gasteiger partial charge in [0.2, 0.25) is 5.95 Å². The van der Waals surface area contributed by atoms with Crippen molar-refractivity contribution < 1.29 is 13.9 Å². The average molecular weight is 435 g/mol. The second-order valence-electron chi connectivity index (χ2n) is 7.73. The molecule has 0 spiro atoms. The van der Waals surface area contributed by atoms with E-state index in [1.54, 1.807) is 30.4 Å². The lowest BCUT2D eigenvalue weighted by molar-refractivity contribution is -0.121. The van der Waals surface area contributed by atoms with Crippen molar-refractivity contribution >= 4 is 28.4 Å². The van der Waals surface area contributed by atoms with Gasteiger partial charge in [-0.3, -0.25) is 4.68 Å². The van der Waals surface area contributed by atoms with Crippen LogP contribution in [-0.2, 0) is 11.8 Å². The van der Waals surface area contributed by atoms with E-state index in [1.807, 2.05) is 37.5 Å². The number of pyridine rings is 1. The number of aromatic nitrogens is 5. The second kappa shape index (κ2) is 8.04. The van der Waals surface area contributed by atoms with Gasteiger partial charge < -0.3 is 20.1 Å². The molecule has 0 unspecified atom stereocenters. The van der Waals surface area contributed by atoms with Gasteiger partial charge in [0.05, 0.1) is 38.8 Å². The molecule has 10 heteroatoms. The van der Waals surface area contributed by atoms with Crippen molar-refractivity contribution in [3.63, 3.8) is 0 Å². The Morgan fingerprint density at radius 2 is 2.06 bits per heavy atom. The number of benzene rings is 1. The molecule has 32 heavy (non-hydrogen) atoms. The Kier molecular flexibility index (Phi) is 5.06. The first-order chi connectivity index (χ1) is 15.5. The molecule has 0 saturated carbocycles. The lowest BCUT2D eigenvalue weighted by atomic mass is 10.1. The molecule has 164 valence electrons. The highest BCUT2D eigenvalue weighted by atomic mass is 19.1. The molecule has 5 rings (SSSR count). The molecule has 2 N–H and O–H groups in total. The molecular formula is C22H22FN7O2. The summed E-state index contributed by atoms with van der Waals surface area (Å²) in [6.45, 7) is 0.276. The molecule has 9 nitrogen and oxygen atoms in total. The lowest BCUT2D eigenvalue weighted by Gasteiger charge is -2.33.